The van der Waals surface area contributed by atoms with E-state index in [1.165, 1.54) is 6.07 Å². The maximum atomic E-state index is 13.7. The molecule has 5 heteroatoms. The van der Waals surface area contributed by atoms with Gasteiger partial charge in [0.05, 0.1) is 6.04 Å². The summed E-state index contributed by atoms with van der Waals surface area (Å²) in [6.45, 7) is 2.11. The third-order valence-electron chi connectivity index (χ3n) is 6.11. The van der Waals surface area contributed by atoms with Crippen LogP contribution in [0.3, 0.4) is 0 Å². The van der Waals surface area contributed by atoms with Crippen LogP contribution >= 0.6 is 11.9 Å². The highest BCUT2D eigenvalue weighted by atomic mass is 32.2. The molecule has 1 aliphatic rings. The number of hydrogen-bond acceptors (Lipinski definition) is 3. The predicted molar refractivity (Wildman–Crippen MR) is 128 cm³/mol. The van der Waals surface area contributed by atoms with Crippen LogP contribution in [0.25, 0.3) is 11.1 Å². The minimum absolute atomic E-state index is 0.0447. The summed E-state index contributed by atoms with van der Waals surface area (Å²) in [7, 11) is 0. The Morgan fingerprint density at radius 1 is 1.10 bits per heavy atom. The quantitative estimate of drug-likeness (QED) is 0.492. The van der Waals surface area contributed by atoms with E-state index >= 15 is 0 Å². The molecule has 4 rings (SSSR count). The van der Waals surface area contributed by atoms with Gasteiger partial charge in [-0.25, -0.2) is 4.39 Å². The first kappa shape index (κ1) is 21.8. The molecular weight excluding hydrogens is 407 g/mol. The van der Waals surface area contributed by atoms with Crippen LogP contribution in [0, 0.1) is 5.82 Å². The van der Waals surface area contributed by atoms with E-state index in [0.717, 1.165) is 60.1 Å². The molecule has 3 aromatic rings. The topological polar surface area (TPSA) is 34.0 Å². The maximum absolute atomic E-state index is 13.7. The molecular formula is C26H29FN2OS. The molecule has 2 aromatic carbocycles. The molecule has 2 heterocycles. The van der Waals surface area contributed by atoms with Crippen LogP contribution in [0.2, 0.25) is 0 Å². The largest absolute Gasteiger partial charge is 0.307 e. The van der Waals surface area contributed by atoms with Gasteiger partial charge in [-0.15, -0.1) is 0 Å². The van der Waals surface area contributed by atoms with Crippen molar-refractivity contribution in [3.05, 3.63) is 93.7 Å². The number of aromatic nitrogens is 1. The van der Waals surface area contributed by atoms with Crippen LogP contribution in [-0.2, 0) is 19.3 Å². The number of nitrogens with one attached hydrogen (secondary N) is 1. The van der Waals surface area contributed by atoms with Crippen molar-refractivity contribution in [1.29, 1.82) is 0 Å². The summed E-state index contributed by atoms with van der Waals surface area (Å²) in [6.07, 6.45) is 6.46. The third kappa shape index (κ3) is 4.78. The molecule has 0 amide bonds. The normalized spacial score (nSPS) is 18.0. The first-order valence-corrected chi connectivity index (χ1v) is 12.2. The van der Waals surface area contributed by atoms with Crippen molar-refractivity contribution in [3.8, 4) is 11.1 Å². The van der Waals surface area contributed by atoms with Crippen molar-refractivity contribution in [2.75, 3.05) is 6.26 Å². The predicted octanol–water partition coefficient (Wildman–Crippen LogP) is 5.57. The molecule has 1 aromatic heterocycles. The molecule has 2 unspecified atom stereocenters. The lowest BCUT2D eigenvalue weighted by atomic mass is 9.90. The first-order chi connectivity index (χ1) is 15.1. The van der Waals surface area contributed by atoms with Crippen LogP contribution in [0.4, 0.5) is 4.39 Å². The van der Waals surface area contributed by atoms with Gasteiger partial charge in [0, 0.05) is 17.3 Å². The zero-order valence-electron chi connectivity index (χ0n) is 18.1. The monoisotopic (exact) mass is 436 g/mol. The Kier molecular flexibility index (Phi) is 6.93. The van der Waals surface area contributed by atoms with Gasteiger partial charge in [-0.3, -0.25) is 9.52 Å². The Bertz CT molecular complexity index is 1110. The number of aryl methyl sites for hydroxylation is 2. The third-order valence-corrected chi connectivity index (χ3v) is 6.64. The second-order valence-electron chi connectivity index (χ2n) is 8.22. The van der Waals surface area contributed by atoms with Crippen molar-refractivity contribution >= 4 is 11.9 Å². The van der Waals surface area contributed by atoms with Crippen molar-refractivity contribution in [3.63, 3.8) is 0 Å². The van der Waals surface area contributed by atoms with E-state index in [9.17, 15) is 9.18 Å². The lowest BCUT2D eigenvalue weighted by Crippen LogP contribution is -2.45. The average molecular weight is 437 g/mol. The number of pyridine rings is 1. The summed E-state index contributed by atoms with van der Waals surface area (Å²) in [6, 6.07) is 19.4. The van der Waals surface area contributed by atoms with Gasteiger partial charge in [-0.1, -0.05) is 67.8 Å². The molecule has 0 bridgehead atoms. The van der Waals surface area contributed by atoms with E-state index in [1.807, 2.05) is 35.1 Å². The van der Waals surface area contributed by atoms with E-state index in [4.69, 9.17) is 0 Å². The molecule has 0 fully saturated rings. The number of halogens is 1. The molecule has 2 atom stereocenters. The summed E-state index contributed by atoms with van der Waals surface area (Å²) in [5.41, 5.74) is 5.19. The van der Waals surface area contributed by atoms with Gasteiger partial charge in [0.15, 0.2) is 0 Å². The van der Waals surface area contributed by atoms with Crippen molar-refractivity contribution < 1.29 is 4.39 Å². The molecule has 1 aliphatic heterocycles. The minimum Gasteiger partial charge on any atom is -0.307 e. The number of fused-ring (bicyclic) bond motifs is 1. The fraction of sp³-hybridized carbons (Fsp3) is 0.346. The van der Waals surface area contributed by atoms with E-state index in [-0.39, 0.29) is 23.5 Å². The van der Waals surface area contributed by atoms with Gasteiger partial charge in [0.1, 0.15) is 5.82 Å². The minimum atomic E-state index is -0.233. The standard InChI is InChI=1S/C26H29FN2OS/c1-3-6-19-11-12-23-13-14-24(28-31-2)25(29(23)26(19)30)16-18-7-4-8-20(15-18)21-9-5-10-22(27)17-21/h4-5,7-12,15,17,24-25,28H,3,6,13-14,16H2,1-2H3. The second-order valence-corrected chi connectivity index (χ2v) is 8.87. The maximum Gasteiger partial charge on any atom is 0.254 e. The highest BCUT2D eigenvalue weighted by Gasteiger charge is 2.30. The molecule has 1 N–H and O–H groups in total. The Hall–Kier alpha value is -2.37. The van der Waals surface area contributed by atoms with E-state index in [2.05, 4.69) is 29.8 Å². The fourth-order valence-corrected chi connectivity index (χ4v) is 5.22. The molecule has 0 spiro atoms. The SMILES string of the molecule is CCCc1ccc2n(c1=O)C(Cc1cccc(-c3cccc(F)c3)c1)C(NSC)CC2. The second kappa shape index (κ2) is 9.84. The Balaban J connectivity index is 1.72. The van der Waals surface area contributed by atoms with E-state index in [1.54, 1.807) is 24.1 Å². The van der Waals surface area contributed by atoms with Crippen LogP contribution in [-0.4, -0.2) is 16.9 Å². The molecule has 3 nitrogen and oxygen atoms in total. The van der Waals surface area contributed by atoms with Gasteiger partial charge in [0.25, 0.3) is 5.56 Å². The lowest BCUT2D eigenvalue weighted by molar-refractivity contribution is 0.320. The highest BCUT2D eigenvalue weighted by Crippen LogP contribution is 2.30. The number of hydrogen-bond donors (Lipinski definition) is 1. The first-order valence-electron chi connectivity index (χ1n) is 11.0. The Morgan fingerprint density at radius 2 is 1.87 bits per heavy atom. The van der Waals surface area contributed by atoms with Crippen LogP contribution in [0.5, 0.6) is 0 Å². The van der Waals surface area contributed by atoms with Gasteiger partial charge in [-0.2, -0.15) is 0 Å². The van der Waals surface area contributed by atoms with Gasteiger partial charge >= 0.3 is 0 Å². The smallest absolute Gasteiger partial charge is 0.254 e. The van der Waals surface area contributed by atoms with Gasteiger partial charge < -0.3 is 4.57 Å². The number of benzene rings is 2. The van der Waals surface area contributed by atoms with Crippen molar-refractivity contribution in [1.82, 2.24) is 9.29 Å². The zero-order valence-corrected chi connectivity index (χ0v) is 18.9. The van der Waals surface area contributed by atoms with Crippen LogP contribution in [0.15, 0.2) is 65.5 Å². The molecule has 162 valence electrons. The van der Waals surface area contributed by atoms with Crippen LogP contribution in [0.1, 0.15) is 42.6 Å². The Morgan fingerprint density at radius 3 is 2.61 bits per heavy atom. The summed E-state index contributed by atoms with van der Waals surface area (Å²) < 4.78 is 19.3. The summed E-state index contributed by atoms with van der Waals surface area (Å²) in [5, 5.41) is 0. The van der Waals surface area contributed by atoms with Crippen LogP contribution < -0.4 is 10.3 Å². The van der Waals surface area contributed by atoms with Gasteiger partial charge in [0.2, 0.25) is 0 Å². The average Bonchev–Trinajstić information content (AvgIpc) is 2.77. The van der Waals surface area contributed by atoms with Crippen molar-refractivity contribution in [2.45, 2.75) is 51.1 Å². The molecule has 0 aliphatic carbocycles. The molecule has 0 saturated carbocycles. The fourth-order valence-electron chi connectivity index (χ4n) is 4.65. The van der Waals surface area contributed by atoms with Crippen molar-refractivity contribution in [2.24, 2.45) is 0 Å². The number of nitrogens with zero attached hydrogens (tertiary/aromatic N) is 1. The number of rotatable bonds is 7. The lowest BCUT2D eigenvalue weighted by Gasteiger charge is -2.36. The molecule has 0 radical (unpaired) electrons. The summed E-state index contributed by atoms with van der Waals surface area (Å²) >= 11 is 1.61. The summed E-state index contributed by atoms with van der Waals surface area (Å²) in [4.78, 5) is 13.4. The summed E-state index contributed by atoms with van der Waals surface area (Å²) in [5.74, 6) is -0.233. The van der Waals surface area contributed by atoms with E-state index < -0.39 is 0 Å². The van der Waals surface area contributed by atoms with E-state index in [0.29, 0.717) is 0 Å². The Labute approximate surface area is 187 Å². The van der Waals surface area contributed by atoms with Gasteiger partial charge in [-0.05, 0) is 66.8 Å². The zero-order chi connectivity index (χ0) is 21.8. The molecule has 31 heavy (non-hydrogen) atoms. The molecule has 0 saturated heterocycles. The highest BCUT2D eigenvalue weighted by molar-refractivity contribution is 7.96.